The van der Waals surface area contributed by atoms with Gasteiger partial charge in [-0.25, -0.2) is 9.59 Å². The summed E-state index contributed by atoms with van der Waals surface area (Å²) in [6, 6.07) is 9.94. The number of hydrogen-bond donors (Lipinski definition) is 1. The third kappa shape index (κ3) is 4.61. The smallest absolute Gasteiger partial charge is 0.328 e. The number of carbonyl (C=O) groups excluding carboxylic acids is 2. The number of nitrogens with zero attached hydrogens (tertiary/aromatic N) is 1. The quantitative estimate of drug-likeness (QED) is 0.510. The highest BCUT2D eigenvalue weighted by molar-refractivity contribution is 5.84. The largest absolute Gasteiger partial charge is 0.464 e. The fraction of sp³-hybridized carbons (Fsp3) is 0.692. The lowest BCUT2D eigenvalue weighted by molar-refractivity contribution is -0.148. The Morgan fingerprint density at radius 1 is 1.00 bits per heavy atom. The van der Waals surface area contributed by atoms with Crippen LogP contribution in [0.15, 0.2) is 30.3 Å². The molecule has 0 radical (unpaired) electrons. The Balaban J connectivity index is 1.09. The number of unbranched alkanes of at least 4 members (excludes halogenated alkanes) is 1. The minimum absolute atomic E-state index is 0.0136. The lowest BCUT2D eigenvalue weighted by atomic mass is 9.53. The van der Waals surface area contributed by atoms with E-state index in [4.69, 9.17) is 4.74 Å². The first-order valence-corrected chi connectivity index (χ1v) is 12.4. The summed E-state index contributed by atoms with van der Waals surface area (Å²) >= 11 is 0. The molecule has 6 rings (SSSR count). The molecule has 0 spiro atoms. The van der Waals surface area contributed by atoms with Gasteiger partial charge in [0.2, 0.25) is 0 Å². The summed E-state index contributed by atoms with van der Waals surface area (Å²) in [6.45, 7) is 1.10. The third-order valence-electron chi connectivity index (χ3n) is 8.14. The molecular weight excluding hydrogens is 388 g/mol. The minimum Gasteiger partial charge on any atom is -0.464 e. The summed E-state index contributed by atoms with van der Waals surface area (Å²) in [6.07, 6.45) is 11.9. The minimum atomic E-state index is -0.414. The molecule has 4 bridgehead atoms. The predicted molar refractivity (Wildman–Crippen MR) is 120 cm³/mol. The predicted octanol–water partition coefficient (Wildman–Crippen LogP) is 4.70. The Morgan fingerprint density at radius 2 is 1.68 bits per heavy atom. The zero-order chi connectivity index (χ0) is 21.3. The maximum Gasteiger partial charge on any atom is 0.328 e. The van der Waals surface area contributed by atoms with E-state index in [1.54, 1.807) is 4.90 Å². The summed E-state index contributed by atoms with van der Waals surface area (Å²) in [4.78, 5) is 27.7. The number of rotatable bonds is 7. The zero-order valence-electron chi connectivity index (χ0n) is 18.6. The van der Waals surface area contributed by atoms with Crippen molar-refractivity contribution in [2.24, 2.45) is 17.8 Å². The summed E-state index contributed by atoms with van der Waals surface area (Å²) in [5, 5.41) is 3.43. The topological polar surface area (TPSA) is 58.6 Å². The molecule has 1 aromatic carbocycles. The van der Waals surface area contributed by atoms with E-state index in [1.165, 1.54) is 24.8 Å². The van der Waals surface area contributed by atoms with Crippen LogP contribution in [0.5, 0.6) is 0 Å². The second-order valence-electron chi connectivity index (χ2n) is 10.6. The van der Waals surface area contributed by atoms with E-state index in [0.717, 1.165) is 69.1 Å². The van der Waals surface area contributed by atoms with Crippen molar-refractivity contribution in [3.63, 3.8) is 0 Å². The third-order valence-corrected chi connectivity index (χ3v) is 8.14. The second kappa shape index (κ2) is 8.84. The normalized spacial score (nSPS) is 33.5. The van der Waals surface area contributed by atoms with Crippen LogP contribution in [0.3, 0.4) is 0 Å². The second-order valence-corrected chi connectivity index (χ2v) is 10.6. The number of urea groups is 1. The van der Waals surface area contributed by atoms with Gasteiger partial charge in [0.25, 0.3) is 0 Å². The molecule has 31 heavy (non-hydrogen) atoms. The van der Waals surface area contributed by atoms with Gasteiger partial charge in [-0.05, 0) is 93.9 Å². The number of benzene rings is 1. The molecule has 0 unspecified atom stereocenters. The molecule has 4 saturated carbocycles. The molecule has 5 aliphatic rings. The Hall–Kier alpha value is -2.04. The first-order valence-electron chi connectivity index (χ1n) is 12.4. The van der Waals surface area contributed by atoms with Crippen LogP contribution in [0.4, 0.5) is 4.79 Å². The fourth-order valence-corrected chi connectivity index (χ4v) is 7.16. The Labute approximate surface area is 185 Å². The van der Waals surface area contributed by atoms with Gasteiger partial charge in [-0.3, -0.25) is 0 Å². The number of carbonyl (C=O) groups is 2. The van der Waals surface area contributed by atoms with Crippen LogP contribution in [-0.2, 0) is 16.0 Å². The van der Waals surface area contributed by atoms with E-state index in [1.807, 2.05) is 6.07 Å². The number of likely N-dealkylation sites (tertiary alicyclic amines) is 1. The first kappa shape index (κ1) is 20.8. The van der Waals surface area contributed by atoms with Gasteiger partial charge in [-0.1, -0.05) is 30.3 Å². The highest BCUT2D eigenvalue weighted by Gasteiger charge is 2.52. The van der Waals surface area contributed by atoms with Crippen LogP contribution in [-0.4, -0.2) is 41.6 Å². The van der Waals surface area contributed by atoms with Crippen molar-refractivity contribution in [3.8, 4) is 0 Å². The molecule has 1 atom stereocenters. The van der Waals surface area contributed by atoms with Crippen molar-refractivity contribution >= 4 is 12.0 Å². The van der Waals surface area contributed by atoms with Gasteiger partial charge in [0.05, 0.1) is 6.61 Å². The molecule has 5 nitrogen and oxygen atoms in total. The molecule has 1 N–H and O–H groups in total. The molecule has 5 fully saturated rings. The Morgan fingerprint density at radius 3 is 2.35 bits per heavy atom. The average Bonchev–Trinajstić information content (AvgIpc) is 3.23. The van der Waals surface area contributed by atoms with Crippen molar-refractivity contribution in [3.05, 3.63) is 35.9 Å². The Bertz CT molecular complexity index is 758. The van der Waals surface area contributed by atoms with Gasteiger partial charge in [0.1, 0.15) is 6.04 Å². The molecule has 1 saturated heterocycles. The standard InChI is InChI=1S/C26H36N2O3/c29-24(31-12-5-4-9-19-7-2-1-3-8-19)23-10-6-11-28(23)25(30)27-26-16-20-13-21(17-26)15-22(14-20)18-26/h1-3,7-8,20-23H,4-6,9-18H2,(H,27,30)/t20?,21?,22?,23-,26?/m0/s1. The number of amides is 2. The number of ether oxygens (including phenoxy) is 1. The lowest BCUT2D eigenvalue weighted by Crippen LogP contribution is -2.62. The van der Waals surface area contributed by atoms with Gasteiger partial charge in [0, 0.05) is 12.1 Å². The number of esters is 1. The van der Waals surface area contributed by atoms with Crippen molar-refractivity contribution < 1.29 is 14.3 Å². The van der Waals surface area contributed by atoms with Crippen LogP contribution in [0.2, 0.25) is 0 Å². The molecule has 1 heterocycles. The maximum atomic E-state index is 13.2. The molecule has 2 amide bonds. The van der Waals surface area contributed by atoms with E-state index >= 15 is 0 Å². The highest BCUT2D eigenvalue weighted by Crippen LogP contribution is 2.55. The molecule has 0 aromatic heterocycles. The van der Waals surface area contributed by atoms with E-state index in [0.29, 0.717) is 13.2 Å². The first-order chi connectivity index (χ1) is 15.1. The van der Waals surface area contributed by atoms with Gasteiger partial charge in [0.15, 0.2) is 0 Å². The molecule has 4 aliphatic carbocycles. The Kier molecular flexibility index (Phi) is 5.94. The lowest BCUT2D eigenvalue weighted by Gasteiger charge is -2.57. The van der Waals surface area contributed by atoms with Crippen LogP contribution in [0.1, 0.15) is 69.8 Å². The van der Waals surface area contributed by atoms with E-state index in [9.17, 15) is 9.59 Å². The summed E-state index contributed by atoms with van der Waals surface area (Å²) in [5.74, 6) is 2.16. The molecule has 5 heteroatoms. The number of aryl methyl sites for hydroxylation is 1. The van der Waals surface area contributed by atoms with Gasteiger partial charge < -0.3 is 15.0 Å². The monoisotopic (exact) mass is 424 g/mol. The van der Waals surface area contributed by atoms with Crippen LogP contribution < -0.4 is 5.32 Å². The van der Waals surface area contributed by atoms with Gasteiger partial charge >= 0.3 is 12.0 Å². The van der Waals surface area contributed by atoms with Crippen LogP contribution in [0.25, 0.3) is 0 Å². The highest BCUT2D eigenvalue weighted by atomic mass is 16.5. The van der Waals surface area contributed by atoms with E-state index in [2.05, 4.69) is 29.6 Å². The van der Waals surface area contributed by atoms with Crippen molar-refractivity contribution in [2.75, 3.05) is 13.2 Å². The summed E-state index contributed by atoms with van der Waals surface area (Å²) < 4.78 is 5.58. The number of hydrogen-bond acceptors (Lipinski definition) is 3. The summed E-state index contributed by atoms with van der Waals surface area (Å²) in [5.41, 5.74) is 1.30. The molecular formula is C26H36N2O3. The van der Waals surface area contributed by atoms with Crippen LogP contribution >= 0.6 is 0 Å². The molecule has 168 valence electrons. The SMILES string of the molecule is O=C(OCCCCc1ccccc1)[C@@H]1CCCN1C(=O)NC12CC3CC(CC(C3)C1)C2. The average molecular weight is 425 g/mol. The van der Waals surface area contributed by atoms with E-state index in [-0.39, 0.29) is 17.5 Å². The van der Waals surface area contributed by atoms with Crippen molar-refractivity contribution in [1.82, 2.24) is 10.2 Å². The molecule has 1 aromatic rings. The van der Waals surface area contributed by atoms with Gasteiger partial charge in [-0.2, -0.15) is 0 Å². The zero-order valence-corrected chi connectivity index (χ0v) is 18.6. The van der Waals surface area contributed by atoms with Gasteiger partial charge in [-0.15, -0.1) is 0 Å². The maximum absolute atomic E-state index is 13.2. The van der Waals surface area contributed by atoms with E-state index < -0.39 is 6.04 Å². The fourth-order valence-electron chi connectivity index (χ4n) is 7.16. The molecule has 1 aliphatic heterocycles. The summed E-state index contributed by atoms with van der Waals surface area (Å²) in [7, 11) is 0. The van der Waals surface area contributed by atoms with Crippen molar-refractivity contribution in [2.45, 2.75) is 82.2 Å². The van der Waals surface area contributed by atoms with Crippen molar-refractivity contribution in [1.29, 1.82) is 0 Å². The van der Waals surface area contributed by atoms with Crippen LogP contribution in [0, 0.1) is 17.8 Å². The number of nitrogens with one attached hydrogen (secondary N) is 1.